The highest BCUT2D eigenvalue weighted by Crippen LogP contribution is 2.31. The molecule has 0 saturated heterocycles. The van der Waals surface area contributed by atoms with E-state index in [-0.39, 0.29) is 11.6 Å². The van der Waals surface area contributed by atoms with Crippen LogP contribution in [-0.2, 0) is 6.54 Å². The standard InChI is InChI=1S/C10H14N2O/c11-9(8-4-5-8)7-12-6-2-1-3-10(12)13/h1-3,6,8-9H,4-5,7,11H2. The fourth-order valence-electron chi connectivity index (χ4n) is 1.51. The molecule has 1 saturated carbocycles. The third-order valence-electron chi connectivity index (χ3n) is 2.53. The molecule has 1 aromatic heterocycles. The summed E-state index contributed by atoms with van der Waals surface area (Å²) in [7, 11) is 0. The molecule has 2 N–H and O–H groups in total. The van der Waals surface area contributed by atoms with Crippen molar-refractivity contribution in [2.75, 3.05) is 0 Å². The lowest BCUT2D eigenvalue weighted by Gasteiger charge is -2.11. The van der Waals surface area contributed by atoms with Crippen molar-refractivity contribution < 1.29 is 0 Å². The third-order valence-corrected chi connectivity index (χ3v) is 2.53. The Labute approximate surface area is 77.2 Å². The van der Waals surface area contributed by atoms with Crippen LogP contribution in [0.3, 0.4) is 0 Å². The Morgan fingerprint density at radius 1 is 1.54 bits per heavy atom. The first kappa shape index (κ1) is 8.51. The lowest BCUT2D eigenvalue weighted by Crippen LogP contribution is -2.32. The Hall–Kier alpha value is -1.09. The molecular formula is C10H14N2O. The summed E-state index contributed by atoms with van der Waals surface area (Å²) in [6.45, 7) is 0.657. The highest BCUT2D eigenvalue weighted by atomic mass is 16.1. The molecular weight excluding hydrogens is 164 g/mol. The molecule has 13 heavy (non-hydrogen) atoms. The molecule has 3 heteroatoms. The molecule has 0 aromatic carbocycles. The SMILES string of the molecule is NC(Cn1ccccc1=O)C1CC1. The minimum atomic E-state index is 0.0404. The van der Waals surface area contributed by atoms with Crippen molar-refractivity contribution in [1.82, 2.24) is 4.57 Å². The summed E-state index contributed by atoms with van der Waals surface area (Å²) in [4.78, 5) is 11.3. The molecule has 0 bridgehead atoms. The molecule has 3 nitrogen and oxygen atoms in total. The zero-order valence-corrected chi connectivity index (χ0v) is 7.52. The van der Waals surface area contributed by atoms with Crippen LogP contribution in [0.4, 0.5) is 0 Å². The Morgan fingerprint density at radius 3 is 2.92 bits per heavy atom. The summed E-state index contributed by atoms with van der Waals surface area (Å²) in [5.74, 6) is 0.645. The first-order valence-electron chi connectivity index (χ1n) is 4.68. The minimum absolute atomic E-state index is 0.0404. The highest BCUT2D eigenvalue weighted by Gasteiger charge is 2.28. The molecule has 70 valence electrons. The monoisotopic (exact) mass is 178 g/mol. The van der Waals surface area contributed by atoms with E-state index in [9.17, 15) is 4.79 Å². The van der Waals surface area contributed by atoms with E-state index >= 15 is 0 Å². The van der Waals surface area contributed by atoms with Crippen molar-refractivity contribution in [2.24, 2.45) is 11.7 Å². The quantitative estimate of drug-likeness (QED) is 0.736. The van der Waals surface area contributed by atoms with E-state index in [4.69, 9.17) is 5.73 Å². The smallest absolute Gasteiger partial charge is 0.250 e. The Balaban J connectivity index is 2.08. The number of aromatic nitrogens is 1. The zero-order chi connectivity index (χ0) is 9.26. The summed E-state index contributed by atoms with van der Waals surface area (Å²) in [5, 5.41) is 0. The van der Waals surface area contributed by atoms with Crippen LogP contribution < -0.4 is 11.3 Å². The fraction of sp³-hybridized carbons (Fsp3) is 0.500. The van der Waals surface area contributed by atoms with Gasteiger partial charge in [-0.25, -0.2) is 0 Å². The second-order valence-electron chi connectivity index (χ2n) is 3.69. The van der Waals surface area contributed by atoms with Crippen LogP contribution in [0.1, 0.15) is 12.8 Å². The topological polar surface area (TPSA) is 48.0 Å². The van der Waals surface area contributed by atoms with Crippen molar-refractivity contribution in [3.05, 3.63) is 34.7 Å². The van der Waals surface area contributed by atoms with Gasteiger partial charge < -0.3 is 10.3 Å². The van der Waals surface area contributed by atoms with Crippen molar-refractivity contribution in [3.8, 4) is 0 Å². The maximum absolute atomic E-state index is 11.3. The Kier molecular flexibility index (Phi) is 2.19. The Bertz CT molecular complexity index is 341. The van der Waals surface area contributed by atoms with E-state index in [1.54, 1.807) is 22.9 Å². The maximum Gasteiger partial charge on any atom is 0.250 e. The number of hydrogen-bond donors (Lipinski definition) is 1. The predicted molar refractivity (Wildman–Crippen MR) is 51.4 cm³/mol. The first-order chi connectivity index (χ1) is 6.27. The lowest BCUT2D eigenvalue weighted by molar-refractivity contribution is 0.493. The van der Waals surface area contributed by atoms with E-state index in [1.165, 1.54) is 12.8 Å². The number of nitrogens with two attached hydrogens (primary N) is 1. The molecule has 1 aliphatic rings. The van der Waals surface area contributed by atoms with Gasteiger partial charge in [-0.2, -0.15) is 0 Å². The molecule has 0 spiro atoms. The molecule has 1 aliphatic carbocycles. The van der Waals surface area contributed by atoms with Crippen LogP contribution in [0.25, 0.3) is 0 Å². The molecule has 2 rings (SSSR count). The zero-order valence-electron chi connectivity index (χ0n) is 7.52. The summed E-state index contributed by atoms with van der Waals surface area (Å²) >= 11 is 0. The highest BCUT2D eigenvalue weighted by molar-refractivity contribution is 4.95. The van der Waals surface area contributed by atoms with Crippen LogP contribution in [0.2, 0.25) is 0 Å². The van der Waals surface area contributed by atoms with E-state index in [0.717, 1.165) is 0 Å². The number of rotatable bonds is 3. The van der Waals surface area contributed by atoms with Crippen LogP contribution in [0.5, 0.6) is 0 Å². The number of nitrogens with zero attached hydrogens (tertiary/aromatic N) is 1. The average Bonchev–Trinajstić information content (AvgIpc) is 2.91. The molecule has 0 amide bonds. The van der Waals surface area contributed by atoms with Crippen molar-refractivity contribution in [3.63, 3.8) is 0 Å². The van der Waals surface area contributed by atoms with Gasteiger partial charge in [-0.3, -0.25) is 4.79 Å². The third kappa shape index (κ3) is 1.98. The van der Waals surface area contributed by atoms with Gasteiger partial charge in [-0.05, 0) is 24.8 Å². The number of pyridine rings is 1. The van der Waals surface area contributed by atoms with E-state index < -0.39 is 0 Å². The minimum Gasteiger partial charge on any atom is -0.326 e. The van der Waals surface area contributed by atoms with Crippen molar-refractivity contribution >= 4 is 0 Å². The molecule has 1 heterocycles. The summed E-state index contributed by atoms with van der Waals surface area (Å²) < 4.78 is 1.68. The number of hydrogen-bond acceptors (Lipinski definition) is 2. The first-order valence-corrected chi connectivity index (χ1v) is 4.68. The van der Waals surface area contributed by atoms with Crippen molar-refractivity contribution in [1.29, 1.82) is 0 Å². The van der Waals surface area contributed by atoms with Crippen LogP contribution in [-0.4, -0.2) is 10.6 Å². The van der Waals surface area contributed by atoms with Gasteiger partial charge in [0, 0.05) is 24.8 Å². The van der Waals surface area contributed by atoms with Gasteiger partial charge in [0.05, 0.1) is 0 Å². The summed E-state index contributed by atoms with van der Waals surface area (Å²) in [5.41, 5.74) is 5.96. The molecule has 0 radical (unpaired) electrons. The lowest BCUT2D eigenvalue weighted by atomic mass is 10.2. The molecule has 1 fully saturated rings. The average molecular weight is 178 g/mol. The largest absolute Gasteiger partial charge is 0.326 e. The van der Waals surface area contributed by atoms with Gasteiger partial charge in [0.2, 0.25) is 0 Å². The van der Waals surface area contributed by atoms with Crippen LogP contribution in [0.15, 0.2) is 29.2 Å². The van der Waals surface area contributed by atoms with Gasteiger partial charge in [0.15, 0.2) is 0 Å². The molecule has 1 unspecified atom stereocenters. The molecule has 1 atom stereocenters. The Morgan fingerprint density at radius 2 is 2.31 bits per heavy atom. The fourth-order valence-corrected chi connectivity index (χ4v) is 1.51. The van der Waals surface area contributed by atoms with Crippen molar-refractivity contribution in [2.45, 2.75) is 25.4 Å². The van der Waals surface area contributed by atoms with Gasteiger partial charge in [0.25, 0.3) is 5.56 Å². The second-order valence-corrected chi connectivity index (χ2v) is 3.69. The van der Waals surface area contributed by atoms with Crippen LogP contribution >= 0.6 is 0 Å². The van der Waals surface area contributed by atoms with Gasteiger partial charge in [0.1, 0.15) is 0 Å². The normalized spacial score (nSPS) is 18.5. The van der Waals surface area contributed by atoms with E-state index in [1.807, 2.05) is 6.07 Å². The van der Waals surface area contributed by atoms with Crippen LogP contribution in [0, 0.1) is 5.92 Å². The molecule has 1 aromatic rings. The second kappa shape index (κ2) is 3.34. The van der Waals surface area contributed by atoms with Gasteiger partial charge in [-0.1, -0.05) is 6.07 Å². The van der Waals surface area contributed by atoms with Gasteiger partial charge in [-0.15, -0.1) is 0 Å². The molecule has 0 aliphatic heterocycles. The summed E-state index contributed by atoms with van der Waals surface area (Å²) in [6, 6.07) is 5.34. The predicted octanol–water partition coefficient (Wildman–Crippen LogP) is 0.586. The van der Waals surface area contributed by atoms with E-state index in [2.05, 4.69) is 0 Å². The summed E-state index contributed by atoms with van der Waals surface area (Å²) in [6.07, 6.45) is 4.25. The van der Waals surface area contributed by atoms with Gasteiger partial charge >= 0.3 is 0 Å². The van der Waals surface area contributed by atoms with E-state index in [0.29, 0.717) is 12.5 Å². The maximum atomic E-state index is 11.3.